The molecular weight excluding hydrogens is 472 g/mol. The highest BCUT2D eigenvalue weighted by Gasteiger charge is 2.11. The van der Waals surface area contributed by atoms with Crippen LogP contribution in [0.1, 0.15) is 31.4 Å². The molecule has 1 aromatic carbocycles. The second-order valence-electron chi connectivity index (χ2n) is 5.94. The van der Waals surface area contributed by atoms with E-state index >= 15 is 0 Å². The molecule has 0 saturated heterocycles. The summed E-state index contributed by atoms with van der Waals surface area (Å²) in [5, 5.41) is 3.72. The maximum Gasteiger partial charge on any atom is 0.138 e. The van der Waals surface area contributed by atoms with Crippen molar-refractivity contribution in [2.75, 3.05) is 33.0 Å². The van der Waals surface area contributed by atoms with Gasteiger partial charge in [-0.15, -0.1) is 0 Å². The van der Waals surface area contributed by atoms with Gasteiger partial charge in [0.15, 0.2) is 0 Å². The Balaban J connectivity index is 2.42. The van der Waals surface area contributed by atoms with Gasteiger partial charge in [-0.3, -0.25) is 0 Å². The third kappa shape index (κ3) is 11.9. The quantitative estimate of drug-likeness (QED) is 0.155. The van der Waals surface area contributed by atoms with E-state index in [0.717, 1.165) is 41.9 Å². The molecule has 0 aliphatic rings. The molecule has 0 aliphatic carbocycles. The highest BCUT2D eigenvalue weighted by Crippen LogP contribution is 2.31. The molecule has 0 N–H and O–H groups in total. The maximum absolute atomic E-state index is 6.05. The number of rotatable bonds is 15. The summed E-state index contributed by atoms with van der Waals surface area (Å²) < 4.78 is 17.6. The first-order chi connectivity index (χ1) is 14.5. The van der Waals surface area contributed by atoms with Crippen LogP contribution in [0.3, 0.4) is 0 Å². The van der Waals surface area contributed by atoms with Crippen molar-refractivity contribution in [3.05, 3.63) is 44.4 Å². The summed E-state index contributed by atoms with van der Waals surface area (Å²) in [6, 6.07) is 3.98. The van der Waals surface area contributed by atoms with Gasteiger partial charge in [0.05, 0.1) is 26.0 Å². The third-order valence-corrected chi connectivity index (χ3v) is 4.42. The molecule has 0 unspecified atom stereocenters. The summed E-state index contributed by atoms with van der Waals surface area (Å²) in [7, 11) is 0. The van der Waals surface area contributed by atoms with Crippen LogP contribution in [-0.4, -0.2) is 39.2 Å². The Morgan fingerprint density at radius 1 is 0.867 bits per heavy atom. The van der Waals surface area contributed by atoms with Crippen LogP contribution in [0.5, 0.6) is 11.5 Å². The Labute approximate surface area is 198 Å². The van der Waals surface area contributed by atoms with E-state index in [-0.39, 0.29) is 15.6 Å². The first kappa shape index (κ1) is 26.9. The summed E-state index contributed by atoms with van der Waals surface area (Å²) in [6.45, 7) is 6.16. The summed E-state index contributed by atoms with van der Waals surface area (Å²) in [5.41, 5.74) is 2.20. The fourth-order valence-corrected chi connectivity index (χ4v) is 2.67. The fraction of sp³-hybridized carbons (Fsp3) is 0.476. The van der Waals surface area contributed by atoms with Gasteiger partial charge in [0.25, 0.3) is 0 Å². The Hall–Kier alpha value is -1.11. The Morgan fingerprint density at radius 3 is 2.10 bits per heavy atom. The van der Waals surface area contributed by atoms with E-state index in [9.17, 15) is 0 Å². The van der Waals surface area contributed by atoms with Crippen molar-refractivity contribution in [2.45, 2.75) is 33.1 Å². The molecule has 5 nitrogen and oxygen atoms in total. The molecule has 0 aromatic heterocycles. The van der Waals surface area contributed by atoms with Crippen molar-refractivity contribution in [2.24, 2.45) is 5.16 Å². The molecule has 0 saturated carbocycles. The number of hydrogen-bond acceptors (Lipinski definition) is 5. The van der Waals surface area contributed by atoms with E-state index in [1.54, 1.807) is 6.08 Å². The van der Waals surface area contributed by atoms with E-state index in [1.165, 1.54) is 12.3 Å². The van der Waals surface area contributed by atoms with Crippen molar-refractivity contribution < 1.29 is 19.0 Å². The molecular formula is C21H27Cl4NO4. The number of ether oxygens (including phenoxy) is 3. The lowest BCUT2D eigenvalue weighted by Gasteiger charge is -2.17. The van der Waals surface area contributed by atoms with Crippen LogP contribution in [0.2, 0.25) is 0 Å². The minimum atomic E-state index is 0.148. The summed E-state index contributed by atoms with van der Waals surface area (Å²) in [4.78, 5) is 4.92. The van der Waals surface area contributed by atoms with Gasteiger partial charge in [0.2, 0.25) is 0 Å². The third-order valence-electron chi connectivity index (χ3n) is 3.80. The summed E-state index contributed by atoms with van der Waals surface area (Å²) in [6.07, 6.45) is 7.06. The molecule has 1 aromatic rings. The fourth-order valence-electron chi connectivity index (χ4n) is 2.41. The van der Waals surface area contributed by atoms with E-state index in [0.29, 0.717) is 26.4 Å². The second kappa shape index (κ2) is 16.6. The molecule has 30 heavy (non-hydrogen) atoms. The van der Waals surface area contributed by atoms with Crippen LogP contribution in [-0.2, 0) is 22.4 Å². The number of oxime groups is 1. The highest BCUT2D eigenvalue weighted by atomic mass is 35.5. The van der Waals surface area contributed by atoms with E-state index in [2.05, 4.69) is 19.0 Å². The second-order valence-corrected chi connectivity index (χ2v) is 7.95. The Bertz CT molecular complexity index is 690. The summed E-state index contributed by atoms with van der Waals surface area (Å²) >= 11 is 22.1. The molecule has 0 amide bonds. The molecule has 0 fully saturated rings. The standard InChI is InChI=1S/C21H27Cl4NO4/c1-3-16-14-18(28-11-6-19(22)23)15-17(4-2)21(16)29-10-5-9-27-13-8-26-30-12-7-20(24)25/h6-8,14-15H,3-5,9-13H2,1-2H3. The molecule has 168 valence electrons. The average molecular weight is 499 g/mol. The van der Waals surface area contributed by atoms with E-state index in [1.807, 2.05) is 12.1 Å². The van der Waals surface area contributed by atoms with Crippen LogP contribution in [0.4, 0.5) is 0 Å². The molecule has 0 radical (unpaired) electrons. The largest absolute Gasteiger partial charge is 0.493 e. The lowest BCUT2D eigenvalue weighted by Crippen LogP contribution is -2.08. The molecule has 0 atom stereocenters. The Morgan fingerprint density at radius 2 is 1.50 bits per heavy atom. The highest BCUT2D eigenvalue weighted by molar-refractivity contribution is 6.56. The van der Waals surface area contributed by atoms with E-state index < -0.39 is 0 Å². The van der Waals surface area contributed by atoms with E-state index in [4.69, 9.17) is 65.5 Å². The van der Waals surface area contributed by atoms with Gasteiger partial charge in [-0.25, -0.2) is 0 Å². The van der Waals surface area contributed by atoms with Gasteiger partial charge in [0.1, 0.15) is 33.7 Å². The van der Waals surface area contributed by atoms with Gasteiger partial charge in [-0.05, 0) is 48.3 Å². The zero-order chi connectivity index (χ0) is 22.2. The maximum atomic E-state index is 6.05. The predicted octanol–water partition coefficient (Wildman–Crippen LogP) is 6.62. The van der Waals surface area contributed by atoms with Gasteiger partial charge in [-0.1, -0.05) is 65.4 Å². The zero-order valence-electron chi connectivity index (χ0n) is 17.1. The van der Waals surface area contributed by atoms with Crippen molar-refractivity contribution in [3.8, 4) is 11.5 Å². The van der Waals surface area contributed by atoms with Crippen molar-refractivity contribution in [1.29, 1.82) is 0 Å². The average Bonchev–Trinajstić information content (AvgIpc) is 2.71. The molecule has 0 bridgehead atoms. The first-order valence-corrected chi connectivity index (χ1v) is 11.1. The minimum absolute atomic E-state index is 0.148. The monoisotopic (exact) mass is 497 g/mol. The van der Waals surface area contributed by atoms with Crippen LogP contribution >= 0.6 is 46.4 Å². The first-order valence-electron chi connectivity index (χ1n) is 9.63. The topological polar surface area (TPSA) is 49.3 Å². The van der Waals surface area contributed by atoms with Crippen LogP contribution in [0, 0.1) is 0 Å². The SMILES string of the molecule is CCc1cc(OCC=C(Cl)Cl)cc(CC)c1OCCCOCC=NOCC=C(Cl)Cl. The molecule has 9 heteroatoms. The number of nitrogens with zero attached hydrogens (tertiary/aromatic N) is 1. The lowest BCUT2D eigenvalue weighted by molar-refractivity contribution is 0.143. The van der Waals surface area contributed by atoms with Gasteiger partial charge < -0.3 is 19.0 Å². The van der Waals surface area contributed by atoms with Gasteiger partial charge >= 0.3 is 0 Å². The lowest BCUT2D eigenvalue weighted by atomic mass is 10.0. The number of benzene rings is 1. The van der Waals surface area contributed by atoms with Crippen LogP contribution in [0.25, 0.3) is 0 Å². The van der Waals surface area contributed by atoms with Crippen LogP contribution < -0.4 is 9.47 Å². The normalized spacial score (nSPS) is 10.7. The number of halogens is 4. The number of aryl methyl sites for hydroxylation is 2. The van der Waals surface area contributed by atoms with Gasteiger partial charge in [-0.2, -0.15) is 0 Å². The molecule has 0 aliphatic heterocycles. The summed E-state index contributed by atoms with van der Waals surface area (Å²) in [5.74, 6) is 1.69. The van der Waals surface area contributed by atoms with Gasteiger partial charge in [0, 0.05) is 6.42 Å². The predicted molar refractivity (Wildman–Crippen MR) is 126 cm³/mol. The molecule has 0 spiro atoms. The van der Waals surface area contributed by atoms with Crippen LogP contribution in [0.15, 0.2) is 38.4 Å². The minimum Gasteiger partial charge on any atom is -0.493 e. The smallest absolute Gasteiger partial charge is 0.138 e. The van der Waals surface area contributed by atoms with Crippen molar-refractivity contribution in [1.82, 2.24) is 0 Å². The number of hydrogen-bond donors (Lipinski definition) is 0. The molecule has 0 heterocycles. The molecule has 1 rings (SSSR count). The van der Waals surface area contributed by atoms with Crippen molar-refractivity contribution >= 4 is 52.6 Å². The zero-order valence-corrected chi connectivity index (χ0v) is 20.2. The van der Waals surface area contributed by atoms with Crippen molar-refractivity contribution in [3.63, 3.8) is 0 Å². The Kier molecular flexibility index (Phi) is 14.9.